The lowest BCUT2D eigenvalue weighted by molar-refractivity contribution is -0.124. The van der Waals surface area contributed by atoms with E-state index in [1.54, 1.807) is 30.3 Å². The monoisotopic (exact) mass is 543 g/mol. The average molecular weight is 545 g/mol. The van der Waals surface area contributed by atoms with Crippen LogP contribution in [0, 0.1) is 0 Å². The van der Waals surface area contributed by atoms with Gasteiger partial charge in [0.2, 0.25) is 0 Å². The second-order valence-corrected chi connectivity index (χ2v) is 9.53. The Morgan fingerprint density at radius 2 is 1.90 bits per heavy atom. The number of imide groups is 1. The van der Waals surface area contributed by atoms with Crippen molar-refractivity contribution in [2.75, 3.05) is 7.11 Å². The zero-order chi connectivity index (χ0) is 22.7. The number of benzene rings is 2. The maximum atomic E-state index is 12.7. The van der Waals surface area contributed by atoms with E-state index < -0.39 is 0 Å². The maximum absolute atomic E-state index is 12.7. The Labute approximate surface area is 203 Å². The number of nitrogens with zero attached hydrogens (tertiary/aromatic N) is 1. The van der Waals surface area contributed by atoms with Gasteiger partial charge < -0.3 is 9.47 Å². The molecule has 0 saturated carbocycles. The first-order valence-electron chi connectivity index (χ1n) is 9.46. The fraction of sp³-hybridized carbons (Fsp3) is 0.273. The van der Waals surface area contributed by atoms with Gasteiger partial charge >= 0.3 is 0 Å². The van der Waals surface area contributed by atoms with Crippen molar-refractivity contribution in [1.29, 1.82) is 0 Å². The summed E-state index contributed by atoms with van der Waals surface area (Å²) in [5.74, 6) is 0.733. The Hall–Kier alpha value is -1.67. The Balaban J connectivity index is 1.84. The molecule has 1 fully saturated rings. The number of ether oxygens (including phenoxy) is 2. The minimum Gasteiger partial charge on any atom is -0.493 e. The first-order chi connectivity index (χ1) is 14.7. The third-order valence-corrected chi connectivity index (χ3v) is 7.11. The largest absolute Gasteiger partial charge is 0.493 e. The second-order valence-electron chi connectivity index (χ2n) is 6.87. The zero-order valence-electron chi connectivity index (χ0n) is 17.1. The molecule has 2 aromatic rings. The van der Waals surface area contributed by atoms with Gasteiger partial charge in [-0.05, 0) is 66.6 Å². The summed E-state index contributed by atoms with van der Waals surface area (Å²) in [4.78, 5) is 26.6. The number of halogens is 3. The molecule has 1 saturated heterocycles. The van der Waals surface area contributed by atoms with Crippen molar-refractivity contribution in [1.82, 2.24) is 4.90 Å². The van der Waals surface area contributed by atoms with Crippen molar-refractivity contribution in [3.05, 3.63) is 60.9 Å². The molecule has 0 bridgehead atoms. The summed E-state index contributed by atoms with van der Waals surface area (Å²) in [6, 6.07) is 8.66. The Morgan fingerprint density at radius 1 is 1.16 bits per heavy atom. The van der Waals surface area contributed by atoms with Gasteiger partial charge in [0.05, 0.1) is 22.1 Å². The Morgan fingerprint density at radius 3 is 2.55 bits per heavy atom. The van der Waals surface area contributed by atoms with E-state index in [0.29, 0.717) is 42.9 Å². The maximum Gasteiger partial charge on any atom is 0.293 e. The summed E-state index contributed by atoms with van der Waals surface area (Å²) in [7, 11) is 1.54. The Kier molecular flexibility index (Phi) is 7.97. The number of hydrogen-bond acceptors (Lipinski definition) is 5. The van der Waals surface area contributed by atoms with Gasteiger partial charge in [-0.2, -0.15) is 0 Å². The number of amides is 2. The number of methoxy groups -OCH3 is 1. The highest BCUT2D eigenvalue weighted by Gasteiger charge is 2.37. The molecule has 0 unspecified atom stereocenters. The van der Waals surface area contributed by atoms with Gasteiger partial charge in [-0.1, -0.05) is 52.1 Å². The number of carbonyl (C=O) groups is 2. The van der Waals surface area contributed by atoms with Crippen LogP contribution in [0.1, 0.15) is 31.4 Å². The highest BCUT2D eigenvalue weighted by molar-refractivity contribution is 9.10. The smallest absolute Gasteiger partial charge is 0.293 e. The third kappa shape index (κ3) is 5.40. The van der Waals surface area contributed by atoms with Crippen molar-refractivity contribution in [3.8, 4) is 11.5 Å². The quantitative estimate of drug-likeness (QED) is 0.345. The van der Waals surface area contributed by atoms with Crippen LogP contribution in [-0.4, -0.2) is 29.2 Å². The van der Waals surface area contributed by atoms with Crippen LogP contribution in [0.2, 0.25) is 10.0 Å². The van der Waals surface area contributed by atoms with Crippen LogP contribution in [0.4, 0.5) is 4.79 Å². The predicted molar refractivity (Wildman–Crippen MR) is 129 cm³/mol. The lowest BCUT2D eigenvalue weighted by Gasteiger charge is -2.19. The van der Waals surface area contributed by atoms with E-state index in [2.05, 4.69) is 15.9 Å². The molecule has 1 aliphatic heterocycles. The van der Waals surface area contributed by atoms with Crippen LogP contribution in [0.3, 0.4) is 0 Å². The minimum atomic E-state index is -0.282. The molecule has 1 aliphatic rings. The fourth-order valence-corrected chi connectivity index (χ4v) is 4.59. The van der Waals surface area contributed by atoms with Crippen LogP contribution in [-0.2, 0) is 11.4 Å². The molecule has 1 heterocycles. The van der Waals surface area contributed by atoms with E-state index >= 15 is 0 Å². The molecule has 2 amide bonds. The first kappa shape index (κ1) is 24.0. The van der Waals surface area contributed by atoms with Crippen LogP contribution in [0.25, 0.3) is 6.08 Å². The van der Waals surface area contributed by atoms with Gasteiger partial charge in [0, 0.05) is 10.5 Å². The number of carbonyl (C=O) groups excluding carboxylic acids is 2. The fourth-order valence-electron chi connectivity index (χ4n) is 2.91. The molecule has 164 valence electrons. The first-order valence-corrected chi connectivity index (χ1v) is 11.8. The van der Waals surface area contributed by atoms with Gasteiger partial charge in [0.15, 0.2) is 11.5 Å². The summed E-state index contributed by atoms with van der Waals surface area (Å²) >= 11 is 16.5. The number of rotatable bonds is 7. The van der Waals surface area contributed by atoms with Crippen LogP contribution >= 0.6 is 50.9 Å². The molecule has 0 aliphatic carbocycles. The molecule has 0 radical (unpaired) electrons. The zero-order valence-corrected chi connectivity index (χ0v) is 21.0. The molecular formula is C22H20BrCl2NO4S. The molecule has 9 heteroatoms. The van der Waals surface area contributed by atoms with Gasteiger partial charge in [-0.15, -0.1) is 0 Å². The van der Waals surface area contributed by atoms with E-state index in [0.717, 1.165) is 17.3 Å². The third-order valence-electron chi connectivity index (χ3n) is 4.80. The minimum absolute atomic E-state index is 0.145. The van der Waals surface area contributed by atoms with Crippen molar-refractivity contribution in [3.63, 3.8) is 0 Å². The van der Waals surface area contributed by atoms with E-state index in [9.17, 15) is 9.59 Å². The average Bonchev–Trinajstić information content (AvgIpc) is 3.02. The summed E-state index contributed by atoms with van der Waals surface area (Å²) < 4.78 is 12.1. The summed E-state index contributed by atoms with van der Waals surface area (Å²) in [5, 5.41) is 0.681. The molecule has 5 nitrogen and oxygen atoms in total. The van der Waals surface area contributed by atoms with Crippen molar-refractivity contribution in [2.24, 2.45) is 0 Å². The number of thioether (sulfide) groups is 1. The van der Waals surface area contributed by atoms with E-state index in [1.165, 1.54) is 12.0 Å². The van der Waals surface area contributed by atoms with E-state index in [1.807, 2.05) is 19.9 Å². The molecule has 31 heavy (non-hydrogen) atoms. The van der Waals surface area contributed by atoms with Crippen LogP contribution in [0.15, 0.2) is 39.7 Å². The lowest BCUT2D eigenvalue weighted by Crippen LogP contribution is -2.36. The van der Waals surface area contributed by atoms with Crippen molar-refractivity contribution >= 4 is 68.1 Å². The van der Waals surface area contributed by atoms with Crippen LogP contribution < -0.4 is 9.47 Å². The molecule has 0 N–H and O–H groups in total. The second kappa shape index (κ2) is 10.3. The molecule has 0 aromatic heterocycles. The van der Waals surface area contributed by atoms with Crippen LogP contribution in [0.5, 0.6) is 11.5 Å². The molecule has 2 aromatic carbocycles. The van der Waals surface area contributed by atoms with Gasteiger partial charge in [0.25, 0.3) is 11.1 Å². The van der Waals surface area contributed by atoms with Gasteiger partial charge in [-0.25, -0.2) is 0 Å². The van der Waals surface area contributed by atoms with Gasteiger partial charge in [-0.3, -0.25) is 14.5 Å². The molecule has 1 atom stereocenters. The van der Waals surface area contributed by atoms with E-state index in [-0.39, 0.29) is 23.8 Å². The molecule has 3 rings (SSSR count). The van der Waals surface area contributed by atoms with E-state index in [4.69, 9.17) is 32.7 Å². The standard InChI is InChI=1S/C22H20BrCl2NO4S/c1-4-12(2)26-21(27)20(31-22(26)28)9-14-8-18(29-3)19(10-15(14)23)30-11-13-5-6-16(24)17(25)7-13/h5-10,12H,4,11H2,1-3H3/b20-9+/t12-/m0/s1. The molecular weight excluding hydrogens is 525 g/mol. The summed E-state index contributed by atoms with van der Waals surface area (Å²) in [5.41, 5.74) is 1.56. The number of hydrogen-bond donors (Lipinski definition) is 0. The predicted octanol–water partition coefficient (Wildman–Crippen LogP) is 7.18. The SMILES string of the molecule is CC[C@H](C)N1C(=O)S/C(=C/c2cc(OC)c(OCc3ccc(Cl)c(Cl)c3)cc2Br)C1=O. The summed E-state index contributed by atoms with van der Waals surface area (Å²) in [6.45, 7) is 4.07. The van der Waals surface area contributed by atoms with Crippen molar-refractivity contribution in [2.45, 2.75) is 32.9 Å². The highest BCUT2D eigenvalue weighted by Crippen LogP contribution is 2.39. The Bertz CT molecular complexity index is 1060. The summed E-state index contributed by atoms with van der Waals surface area (Å²) in [6.07, 6.45) is 2.39. The van der Waals surface area contributed by atoms with Crippen molar-refractivity contribution < 1.29 is 19.1 Å². The molecule has 0 spiro atoms. The van der Waals surface area contributed by atoms with Gasteiger partial charge in [0.1, 0.15) is 6.61 Å². The topological polar surface area (TPSA) is 55.8 Å². The lowest BCUT2D eigenvalue weighted by atomic mass is 10.1. The normalized spacial score (nSPS) is 16.2. The highest BCUT2D eigenvalue weighted by atomic mass is 79.9.